The van der Waals surface area contributed by atoms with Gasteiger partial charge in [0, 0.05) is 25.5 Å². The fourth-order valence-corrected chi connectivity index (χ4v) is 3.62. The fourth-order valence-electron chi connectivity index (χ4n) is 3.35. The van der Waals surface area contributed by atoms with Crippen LogP contribution in [0.5, 0.6) is 0 Å². The van der Waals surface area contributed by atoms with Crippen molar-refractivity contribution in [3.63, 3.8) is 0 Å². The number of nitrogens with one attached hydrogen (secondary N) is 2. The Balaban J connectivity index is 2.03. The Morgan fingerprint density at radius 2 is 2.08 bits per heavy atom. The normalized spacial score (nSPS) is 20.5. The van der Waals surface area contributed by atoms with Gasteiger partial charge in [0.15, 0.2) is 0 Å². The molecular weight excluding hydrogens is 336 g/mol. The number of hydrogen-bond donors (Lipinski definition) is 2. The molecule has 1 saturated heterocycles. The summed E-state index contributed by atoms with van der Waals surface area (Å²) >= 11 is 5.59. The average molecular weight is 365 g/mol. The minimum Gasteiger partial charge on any atom is -0.467 e. The second kappa shape index (κ2) is 9.85. The van der Waals surface area contributed by atoms with Gasteiger partial charge in [0.05, 0.1) is 18.2 Å². The fraction of sp³-hybridized carbons (Fsp3) is 0.579. The van der Waals surface area contributed by atoms with Crippen LogP contribution in [-0.2, 0) is 20.7 Å². The number of carbonyl (C=O) groups excluding carboxylic acids is 1. The molecule has 1 aliphatic heterocycles. The Morgan fingerprint density at radius 3 is 2.64 bits per heavy atom. The molecule has 0 bridgehead atoms. The first-order valence-corrected chi connectivity index (χ1v) is 9.16. The van der Waals surface area contributed by atoms with E-state index in [2.05, 4.69) is 10.6 Å². The molecule has 0 unspecified atom stereocenters. The van der Waals surface area contributed by atoms with E-state index in [1.807, 2.05) is 37.3 Å². The molecule has 0 radical (unpaired) electrons. The van der Waals surface area contributed by atoms with Crippen molar-refractivity contribution in [2.24, 2.45) is 5.92 Å². The highest BCUT2D eigenvalue weighted by Crippen LogP contribution is 2.20. The van der Waals surface area contributed by atoms with Crippen molar-refractivity contribution in [1.29, 1.82) is 0 Å². The number of thiocarbonyl (C=S) groups is 1. The summed E-state index contributed by atoms with van der Waals surface area (Å²) in [5, 5.41) is 6.67. The lowest BCUT2D eigenvalue weighted by Crippen LogP contribution is -2.50. The number of ether oxygens (including phenoxy) is 2. The SMILES string of the molecule is COC(=O)[C@H](Cc1ccccc1)NC(=S)[C@H](C)[C@@H](OC)[C@@H]1CCCN1. The highest BCUT2D eigenvalue weighted by atomic mass is 32.1. The van der Waals surface area contributed by atoms with Crippen molar-refractivity contribution in [3.05, 3.63) is 35.9 Å². The van der Waals surface area contributed by atoms with Gasteiger partial charge in [-0.25, -0.2) is 4.79 Å². The Morgan fingerprint density at radius 1 is 1.36 bits per heavy atom. The molecule has 0 saturated carbocycles. The molecular formula is C19H28N2O3S. The Bertz CT molecular complexity index is 561. The lowest BCUT2D eigenvalue weighted by Gasteiger charge is -2.30. The van der Waals surface area contributed by atoms with Crippen molar-refractivity contribution in [1.82, 2.24) is 10.6 Å². The number of esters is 1. The minimum atomic E-state index is -0.503. The van der Waals surface area contributed by atoms with E-state index in [1.54, 1.807) is 7.11 Å². The van der Waals surface area contributed by atoms with Crippen LogP contribution in [0.25, 0.3) is 0 Å². The van der Waals surface area contributed by atoms with Gasteiger partial charge in [0.1, 0.15) is 6.04 Å². The maximum Gasteiger partial charge on any atom is 0.328 e. The van der Waals surface area contributed by atoms with Gasteiger partial charge in [-0.05, 0) is 24.9 Å². The third-order valence-corrected chi connectivity index (χ3v) is 5.25. The van der Waals surface area contributed by atoms with E-state index in [0.717, 1.165) is 24.9 Å². The summed E-state index contributed by atoms with van der Waals surface area (Å²) in [7, 11) is 3.11. The summed E-state index contributed by atoms with van der Waals surface area (Å²) in [6, 6.07) is 9.64. The monoisotopic (exact) mass is 364 g/mol. The topological polar surface area (TPSA) is 59.6 Å². The summed E-state index contributed by atoms with van der Waals surface area (Å²) in [6.45, 7) is 3.05. The Kier molecular flexibility index (Phi) is 7.81. The summed E-state index contributed by atoms with van der Waals surface area (Å²) in [6.07, 6.45) is 2.74. The first-order valence-electron chi connectivity index (χ1n) is 8.75. The molecule has 0 spiro atoms. The molecule has 0 aromatic heterocycles. The van der Waals surface area contributed by atoms with Crippen LogP contribution < -0.4 is 10.6 Å². The number of carbonyl (C=O) groups is 1. The highest BCUT2D eigenvalue weighted by Gasteiger charge is 2.32. The standard InChI is InChI=1S/C19H28N2O3S/c1-13(17(23-2)15-10-7-11-20-15)18(25)21-16(19(22)24-3)12-14-8-5-4-6-9-14/h4-6,8-9,13,15-17,20H,7,10-12H2,1-3H3,(H,21,25)/t13-,15+,16+,17-/m1/s1. The van der Waals surface area contributed by atoms with Crippen LogP contribution in [0, 0.1) is 5.92 Å². The zero-order valence-corrected chi connectivity index (χ0v) is 16.0. The highest BCUT2D eigenvalue weighted by molar-refractivity contribution is 7.80. The van der Waals surface area contributed by atoms with E-state index in [-0.39, 0.29) is 18.0 Å². The number of methoxy groups -OCH3 is 2. The van der Waals surface area contributed by atoms with Crippen LogP contribution in [0.15, 0.2) is 30.3 Å². The molecule has 1 aromatic rings. The van der Waals surface area contributed by atoms with Gasteiger partial charge in [0.25, 0.3) is 0 Å². The third kappa shape index (κ3) is 5.49. The van der Waals surface area contributed by atoms with Crippen LogP contribution in [0.4, 0.5) is 0 Å². The van der Waals surface area contributed by atoms with Gasteiger partial charge in [-0.3, -0.25) is 0 Å². The van der Waals surface area contributed by atoms with Gasteiger partial charge in [-0.2, -0.15) is 0 Å². The smallest absolute Gasteiger partial charge is 0.328 e. The largest absolute Gasteiger partial charge is 0.467 e. The lowest BCUT2D eigenvalue weighted by molar-refractivity contribution is -0.142. The van der Waals surface area contributed by atoms with E-state index >= 15 is 0 Å². The number of rotatable bonds is 8. The van der Waals surface area contributed by atoms with Crippen LogP contribution in [0.2, 0.25) is 0 Å². The van der Waals surface area contributed by atoms with Crippen molar-refractivity contribution in [2.75, 3.05) is 20.8 Å². The number of benzene rings is 1. The minimum absolute atomic E-state index is 0.00136. The molecule has 1 fully saturated rings. The zero-order valence-electron chi connectivity index (χ0n) is 15.2. The first kappa shape index (κ1) is 19.8. The van der Waals surface area contributed by atoms with Crippen molar-refractivity contribution >= 4 is 23.2 Å². The maximum absolute atomic E-state index is 12.2. The summed E-state index contributed by atoms with van der Waals surface area (Å²) < 4.78 is 10.6. The third-order valence-electron chi connectivity index (χ3n) is 4.76. The van der Waals surface area contributed by atoms with E-state index in [0.29, 0.717) is 17.5 Å². The molecule has 1 aliphatic rings. The predicted molar refractivity (Wildman–Crippen MR) is 103 cm³/mol. The zero-order chi connectivity index (χ0) is 18.2. The molecule has 5 nitrogen and oxygen atoms in total. The Labute approximate surface area is 155 Å². The number of hydrogen-bond acceptors (Lipinski definition) is 5. The molecule has 6 heteroatoms. The lowest BCUT2D eigenvalue weighted by atomic mass is 9.95. The van der Waals surface area contributed by atoms with Crippen LogP contribution in [0.1, 0.15) is 25.3 Å². The van der Waals surface area contributed by atoms with Gasteiger partial charge >= 0.3 is 5.97 Å². The second-order valence-electron chi connectivity index (χ2n) is 6.47. The van der Waals surface area contributed by atoms with Gasteiger partial charge < -0.3 is 20.1 Å². The van der Waals surface area contributed by atoms with Crippen molar-refractivity contribution in [3.8, 4) is 0 Å². The maximum atomic E-state index is 12.2. The molecule has 0 aliphatic carbocycles. The van der Waals surface area contributed by atoms with Crippen LogP contribution >= 0.6 is 12.2 Å². The Hall–Kier alpha value is -1.50. The quantitative estimate of drug-likeness (QED) is 0.544. The van der Waals surface area contributed by atoms with Crippen molar-refractivity contribution in [2.45, 2.75) is 44.4 Å². The van der Waals surface area contributed by atoms with E-state index in [4.69, 9.17) is 21.7 Å². The van der Waals surface area contributed by atoms with E-state index < -0.39 is 6.04 Å². The second-order valence-corrected chi connectivity index (χ2v) is 6.91. The summed E-state index contributed by atoms with van der Waals surface area (Å²) in [5.74, 6) is -0.315. The van der Waals surface area contributed by atoms with Crippen LogP contribution in [-0.4, -0.2) is 49.9 Å². The molecule has 1 aromatic carbocycles. The van der Waals surface area contributed by atoms with Gasteiger partial charge in [-0.15, -0.1) is 0 Å². The predicted octanol–water partition coefficient (Wildman–Crippen LogP) is 2.09. The van der Waals surface area contributed by atoms with E-state index in [9.17, 15) is 4.79 Å². The summed E-state index contributed by atoms with van der Waals surface area (Å²) in [4.78, 5) is 12.8. The van der Waals surface area contributed by atoms with Gasteiger partial charge in [0.2, 0.25) is 0 Å². The summed E-state index contributed by atoms with van der Waals surface area (Å²) in [5.41, 5.74) is 1.06. The molecule has 0 amide bonds. The van der Waals surface area contributed by atoms with Crippen molar-refractivity contribution < 1.29 is 14.3 Å². The molecule has 138 valence electrons. The molecule has 2 N–H and O–H groups in total. The molecule has 1 heterocycles. The molecule has 4 atom stereocenters. The first-order chi connectivity index (χ1) is 12.1. The van der Waals surface area contributed by atoms with Crippen LogP contribution in [0.3, 0.4) is 0 Å². The van der Waals surface area contributed by atoms with E-state index in [1.165, 1.54) is 7.11 Å². The average Bonchev–Trinajstić information content (AvgIpc) is 3.16. The molecule has 2 rings (SSSR count). The van der Waals surface area contributed by atoms with Gasteiger partial charge in [-0.1, -0.05) is 49.5 Å². The molecule has 25 heavy (non-hydrogen) atoms.